The Bertz CT molecular complexity index is 786. The van der Waals surface area contributed by atoms with Gasteiger partial charge in [-0.3, -0.25) is 9.79 Å². The maximum Gasteiger partial charge on any atom is 0.315 e. The van der Waals surface area contributed by atoms with Crippen LogP contribution in [0, 0.1) is 0 Å². The first kappa shape index (κ1) is 18.4. The first-order valence-corrected chi connectivity index (χ1v) is 9.60. The Kier molecular flexibility index (Phi) is 7.14. The molecule has 0 unspecified atom stereocenters. The van der Waals surface area contributed by atoms with E-state index in [0.29, 0.717) is 22.9 Å². The minimum atomic E-state index is -0.269. The van der Waals surface area contributed by atoms with E-state index < -0.39 is 0 Å². The quantitative estimate of drug-likeness (QED) is 0.443. The molecule has 2 rings (SSSR count). The molecule has 1 heterocycles. The number of hydrogen-bond acceptors (Lipinski definition) is 6. The lowest BCUT2D eigenvalue weighted by molar-refractivity contribution is 0.323. The molecule has 2 aromatic rings. The van der Waals surface area contributed by atoms with Gasteiger partial charge in [0.25, 0.3) is 0 Å². The molecule has 0 N–H and O–H groups in total. The van der Waals surface area contributed by atoms with Crippen LogP contribution in [0.1, 0.15) is 13.8 Å². The van der Waals surface area contributed by atoms with E-state index in [0.717, 1.165) is 5.04 Å². The SMILES string of the molecule is C/C=C\C(=NC)SSc1cnn(-c2ccccc2)c(=O)c1OCC. The van der Waals surface area contributed by atoms with E-state index in [2.05, 4.69) is 10.1 Å². The van der Waals surface area contributed by atoms with E-state index in [1.54, 1.807) is 13.2 Å². The molecule has 1 aromatic heterocycles. The highest BCUT2D eigenvalue weighted by Crippen LogP contribution is 2.36. The van der Waals surface area contributed by atoms with Gasteiger partial charge in [-0.05, 0) is 53.6 Å². The molecule has 0 spiro atoms. The molecule has 7 heteroatoms. The van der Waals surface area contributed by atoms with Crippen LogP contribution in [-0.4, -0.2) is 28.5 Å². The molecule has 0 atom stereocenters. The molecule has 0 aliphatic carbocycles. The maximum absolute atomic E-state index is 12.7. The highest BCUT2D eigenvalue weighted by Gasteiger charge is 2.15. The third-order valence-corrected chi connectivity index (χ3v) is 5.28. The zero-order valence-electron chi connectivity index (χ0n) is 13.8. The number of rotatable bonds is 6. The molecule has 0 radical (unpaired) electrons. The van der Waals surface area contributed by atoms with E-state index in [-0.39, 0.29) is 5.56 Å². The van der Waals surface area contributed by atoms with Gasteiger partial charge >= 0.3 is 5.56 Å². The van der Waals surface area contributed by atoms with Crippen molar-refractivity contribution in [2.45, 2.75) is 18.7 Å². The Hall–Kier alpha value is -1.99. The lowest BCUT2D eigenvalue weighted by Crippen LogP contribution is -2.23. The van der Waals surface area contributed by atoms with E-state index in [1.807, 2.05) is 56.3 Å². The summed E-state index contributed by atoms with van der Waals surface area (Å²) in [5.74, 6) is 0.310. The molecule has 1 aromatic carbocycles. The van der Waals surface area contributed by atoms with Crippen LogP contribution in [0.25, 0.3) is 5.69 Å². The number of aliphatic imine (C=N–C) groups is 1. The molecular weight excluding hydrogens is 342 g/mol. The van der Waals surface area contributed by atoms with Gasteiger partial charge in [0.05, 0.1) is 23.4 Å². The fraction of sp³-hybridized carbons (Fsp3) is 0.235. The standard InChI is InChI=1S/C17H19N3O2S2/c1-4-9-15(18-3)24-23-14-12-19-20(13-10-7-6-8-11-13)17(21)16(14)22-5-2/h4,6-12H,5H2,1-3H3/b9-4-,18-15?. The van der Waals surface area contributed by atoms with Gasteiger partial charge in [-0.15, -0.1) is 0 Å². The van der Waals surface area contributed by atoms with Crippen LogP contribution in [0.5, 0.6) is 5.75 Å². The summed E-state index contributed by atoms with van der Waals surface area (Å²) in [6, 6.07) is 9.29. The molecule has 0 aliphatic heterocycles. The summed E-state index contributed by atoms with van der Waals surface area (Å²) in [6.45, 7) is 4.20. The topological polar surface area (TPSA) is 56.5 Å². The molecule has 126 valence electrons. The van der Waals surface area contributed by atoms with Crippen LogP contribution < -0.4 is 10.3 Å². The van der Waals surface area contributed by atoms with Gasteiger partial charge < -0.3 is 4.74 Å². The summed E-state index contributed by atoms with van der Waals surface area (Å²) in [5, 5.41) is 5.13. The Morgan fingerprint density at radius 2 is 2.12 bits per heavy atom. The molecule has 5 nitrogen and oxygen atoms in total. The van der Waals surface area contributed by atoms with Gasteiger partial charge in [0.1, 0.15) is 5.04 Å². The Morgan fingerprint density at radius 1 is 1.38 bits per heavy atom. The van der Waals surface area contributed by atoms with Crippen LogP contribution in [0.2, 0.25) is 0 Å². The summed E-state index contributed by atoms with van der Waals surface area (Å²) >= 11 is 0. The lowest BCUT2D eigenvalue weighted by Gasteiger charge is -2.11. The van der Waals surface area contributed by atoms with Crippen LogP contribution in [0.15, 0.2) is 63.4 Å². The Labute approximate surface area is 149 Å². The van der Waals surface area contributed by atoms with Crippen LogP contribution in [0.4, 0.5) is 0 Å². The molecule has 0 saturated carbocycles. The van der Waals surface area contributed by atoms with Crippen molar-refractivity contribution in [3.05, 3.63) is 59.0 Å². The average molecular weight is 361 g/mol. The van der Waals surface area contributed by atoms with E-state index >= 15 is 0 Å². The first-order valence-electron chi connectivity index (χ1n) is 7.45. The lowest BCUT2D eigenvalue weighted by atomic mass is 10.3. The number of para-hydroxylation sites is 1. The number of benzene rings is 1. The number of hydrogen-bond donors (Lipinski definition) is 0. The molecule has 0 saturated heterocycles. The normalized spacial score (nSPS) is 11.9. The second-order valence-corrected chi connectivity index (χ2v) is 6.74. The van der Waals surface area contributed by atoms with Crippen molar-refractivity contribution in [3.63, 3.8) is 0 Å². The van der Waals surface area contributed by atoms with Crippen molar-refractivity contribution >= 4 is 26.6 Å². The molecule has 0 bridgehead atoms. The van der Waals surface area contributed by atoms with Gasteiger partial charge in [0.2, 0.25) is 5.75 Å². The third-order valence-electron chi connectivity index (χ3n) is 2.94. The summed E-state index contributed by atoms with van der Waals surface area (Å²) in [6.07, 6.45) is 5.49. The van der Waals surface area contributed by atoms with Crippen LogP contribution in [-0.2, 0) is 0 Å². The smallest absolute Gasteiger partial charge is 0.315 e. The van der Waals surface area contributed by atoms with Crippen molar-refractivity contribution in [2.75, 3.05) is 13.7 Å². The zero-order chi connectivity index (χ0) is 17.4. The molecule has 0 aliphatic rings. The maximum atomic E-state index is 12.7. The summed E-state index contributed by atoms with van der Waals surface area (Å²) in [5.41, 5.74) is 0.437. The number of aromatic nitrogens is 2. The molecule has 24 heavy (non-hydrogen) atoms. The summed E-state index contributed by atoms with van der Waals surface area (Å²) in [4.78, 5) is 17.6. The van der Waals surface area contributed by atoms with E-state index in [9.17, 15) is 4.79 Å². The second-order valence-electron chi connectivity index (χ2n) is 4.55. The molecular formula is C17H19N3O2S2. The third kappa shape index (κ3) is 4.52. The fourth-order valence-corrected chi connectivity index (χ4v) is 3.91. The Balaban J connectivity index is 2.36. The fourth-order valence-electron chi connectivity index (χ4n) is 1.88. The Morgan fingerprint density at radius 3 is 2.75 bits per heavy atom. The minimum Gasteiger partial charge on any atom is -0.487 e. The predicted molar refractivity (Wildman–Crippen MR) is 103 cm³/mol. The molecule has 0 fully saturated rings. The van der Waals surface area contributed by atoms with Crippen molar-refractivity contribution in [1.82, 2.24) is 9.78 Å². The van der Waals surface area contributed by atoms with Gasteiger partial charge in [-0.1, -0.05) is 24.3 Å². The summed E-state index contributed by atoms with van der Waals surface area (Å²) < 4.78 is 6.94. The number of ether oxygens (including phenoxy) is 1. The van der Waals surface area contributed by atoms with Crippen molar-refractivity contribution < 1.29 is 4.74 Å². The highest BCUT2D eigenvalue weighted by atomic mass is 33.1. The predicted octanol–water partition coefficient (Wildman–Crippen LogP) is 3.98. The number of nitrogens with zero attached hydrogens (tertiary/aromatic N) is 3. The van der Waals surface area contributed by atoms with Crippen molar-refractivity contribution in [2.24, 2.45) is 4.99 Å². The van der Waals surface area contributed by atoms with E-state index in [4.69, 9.17) is 4.74 Å². The van der Waals surface area contributed by atoms with Crippen LogP contribution in [0.3, 0.4) is 0 Å². The largest absolute Gasteiger partial charge is 0.487 e. The van der Waals surface area contributed by atoms with Gasteiger partial charge in [0.15, 0.2) is 0 Å². The van der Waals surface area contributed by atoms with Crippen molar-refractivity contribution in [1.29, 1.82) is 0 Å². The summed E-state index contributed by atoms with van der Waals surface area (Å²) in [7, 11) is 4.61. The first-order chi connectivity index (χ1) is 11.7. The monoisotopic (exact) mass is 361 g/mol. The van der Waals surface area contributed by atoms with Crippen LogP contribution >= 0.6 is 21.6 Å². The number of allylic oxidation sites excluding steroid dienone is 1. The zero-order valence-corrected chi connectivity index (χ0v) is 15.4. The van der Waals surface area contributed by atoms with Crippen molar-refractivity contribution in [3.8, 4) is 11.4 Å². The molecule has 0 amide bonds. The van der Waals surface area contributed by atoms with Gasteiger partial charge in [-0.25, -0.2) is 0 Å². The minimum absolute atomic E-state index is 0.269. The van der Waals surface area contributed by atoms with E-state index in [1.165, 1.54) is 26.3 Å². The van der Waals surface area contributed by atoms with Gasteiger partial charge in [-0.2, -0.15) is 9.78 Å². The average Bonchev–Trinajstić information content (AvgIpc) is 2.62. The second kappa shape index (κ2) is 9.34. The highest BCUT2D eigenvalue weighted by molar-refractivity contribution is 8.82. The van der Waals surface area contributed by atoms with Gasteiger partial charge in [0, 0.05) is 7.05 Å².